The summed E-state index contributed by atoms with van der Waals surface area (Å²) in [6.45, 7) is 5.33. The first kappa shape index (κ1) is 23.6. The number of aromatic amines is 1. The Kier molecular flexibility index (Phi) is 6.43. The van der Waals surface area contributed by atoms with Crippen molar-refractivity contribution in [1.82, 2.24) is 14.8 Å². The number of amides is 3. The predicted molar refractivity (Wildman–Crippen MR) is 134 cm³/mol. The maximum atomic E-state index is 13.7. The van der Waals surface area contributed by atoms with Gasteiger partial charge in [-0.1, -0.05) is 26.0 Å². The molecule has 0 spiro atoms. The number of allylic oxidation sites excluding steroid dienone is 2. The topological polar surface area (TPSA) is 82.7 Å². The predicted octanol–water partition coefficient (Wildman–Crippen LogP) is 4.25. The summed E-state index contributed by atoms with van der Waals surface area (Å²) in [7, 11) is 1.67. The number of benzene rings is 1. The minimum atomic E-state index is -0.700. The van der Waals surface area contributed by atoms with Crippen LogP contribution in [0.2, 0.25) is 0 Å². The summed E-state index contributed by atoms with van der Waals surface area (Å²) in [5.74, 6) is 0.358. The number of imide groups is 1. The van der Waals surface area contributed by atoms with Gasteiger partial charge in [-0.05, 0) is 67.7 Å². The number of rotatable bonds is 6. The van der Waals surface area contributed by atoms with Crippen molar-refractivity contribution in [2.45, 2.75) is 57.9 Å². The molecule has 5 rings (SSSR count). The van der Waals surface area contributed by atoms with Crippen molar-refractivity contribution in [3.05, 3.63) is 42.1 Å². The zero-order valence-corrected chi connectivity index (χ0v) is 20.8. The van der Waals surface area contributed by atoms with E-state index in [0.717, 1.165) is 29.5 Å². The molecule has 1 aliphatic carbocycles. The number of hydrogen-bond donors (Lipinski definition) is 1. The molecule has 186 valence electrons. The van der Waals surface area contributed by atoms with Crippen LogP contribution in [0.5, 0.6) is 5.75 Å². The Balaban J connectivity index is 1.31. The highest BCUT2D eigenvalue weighted by molar-refractivity contribution is 6.08. The van der Waals surface area contributed by atoms with Crippen LogP contribution in [-0.4, -0.2) is 58.7 Å². The Bertz CT molecular complexity index is 1130. The fourth-order valence-electron chi connectivity index (χ4n) is 6.10. The van der Waals surface area contributed by atoms with Crippen LogP contribution in [0.25, 0.3) is 10.9 Å². The van der Waals surface area contributed by atoms with Crippen LogP contribution in [-0.2, 0) is 14.4 Å². The first-order chi connectivity index (χ1) is 16.9. The van der Waals surface area contributed by atoms with Crippen LogP contribution in [0.1, 0.15) is 57.4 Å². The molecule has 0 bridgehead atoms. The molecule has 3 aliphatic rings. The number of piperidine rings is 1. The van der Waals surface area contributed by atoms with Crippen molar-refractivity contribution >= 4 is 28.6 Å². The largest absolute Gasteiger partial charge is 0.497 e. The van der Waals surface area contributed by atoms with E-state index in [1.807, 2.05) is 43.0 Å². The third-order valence-electron chi connectivity index (χ3n) is 8.00. The highest BCUT2D eigenvalue weighted by atomic mass is 16.5. The molecule has 3 heterocycles. The molecule has 2 saturated heterocycles. The molecule has 1 aromatic carbocycles. The number of aromatic nitrogens is 1. The second-order valence-electron chi connectivity index (χ2n) is 10.6. The Morgan fingerprint density at radius 2 is 1.74 bits per heavy atom. The molecule has 1 aromatic heterocycles. The molecular weight excluding hydrogens is 442 g/mol. The van der Waals surface area contributed by atoms with Gasteiger partial charge in [0.25, 0.3) is 0 Å². The molecule has 7 heteroatoms. The lowest BCUT2D eigenvalue weighted by Crippen LogP contribution is -2.53. The second kappa shape index (κ2) is 9.51. The van der Waals surface area contributed by atoms with E-state index in [1.54, 1.807) is 7.11 Å². The van der Waals surface area contributed by atoms with Crippen LogP contribution in [0.4, 0.5) is 0 Å². The molecular formula is C28H35N3O4. The molecule has 3 amide bonds. The number of carbonyl (C=O) groups is 3. The zero-order chi connectivity index (χ0) is 24.7. The summed E-state index contributed by atoms with van der Waals surface area (Å²) < 4.78 is 5.41. The van der Waals surface area contributed by atoms with E-state index in [-0.39, 0.29) is 35.5 Å². The smallest absolute Gasteiger partial charge is 0.245 e. The number of carbonyl (C=O) groups excluding carboxylic acids is 3. The van der Waals surface area contributed by atoms with Crippen molar-refractivity contribution in [3.8, 4) is 5.75 Å². The number of likely N-dealkylation sites (tertiary alicyclic amines) is 2. The fraction of sp³-hybridized carbons (Fsp3) is 0.536. The van der Waals surface area contributed by atoms with Crippen LogP contribution in [0.15, 0.2) is 36.5 Å². The van der Waals surface area contributed by atoms with Gasteiger partial charge in [0.15, 0.2) is 0 Å². The van der Waals surface area contributed by atoms with E-state index in [2.05, 4.69) is 17.2 Å². The maximum Gasteiger partial charge on any atom is 0.245 e. The van der Waals surface area contributed by atoms with Gasteiger partial charge < -0.3 is 14.6 Å². The molecule has 2 fully saturated rings. The maximum absolute atomic E-state index is 13.7. The van der Waals surface area contributed by atoms with E-state index in [4.69, 9.17) is 4.74 Å². The molecule has 7 nitrogen and oxygen atoms in total. The standard InChI is InChI=1S/C28H35N3O4/c1-17(2)14-25(31-26(32)20-6-4-5-7-21(20)27(31)33)28(34)30-12-10-18(11-13-30)23-16-29-24-9-8-19(35-3)15-22(23)24/h4-5,8-9,15-18,20-21,25,29H,6-7,10-14H2,1-3H3. The fourth-order valence-corrected chi connectivity index (χ4v) is 6.10. The quantitative estimate of drug-likeness (QED) is 0.498. The van der Waals surface area contributed by atoms with Gasteiger partial charge in [-0.3, -0.25) is 19.3 Å². The number of H-pyrrole nitrogens is 1. The first-order valence-corrected chi connectivity index (χ1v) is 12.8. The molecule has 35 heavy (non-hydrogen) atoms. The van der Waals surface area contributed by atoms with E-state index in [1.165, 1.54) is 10.5 Å². The molecule has 2 aliphatic heterocycles. The van der Waals surface area contributed by atoms with Gasteiger partial charge in [0.05, 0.1) is 18.9 Å². The van der Waals surface area contributed by atoms with Gasteiger partial charge in [-0.2, -0.15) is 0 Å². The van der Waals surface area contributed by atoms with E-state index in [0.29, 0.717) is 38.3 Å². The Labute approximate surface area is 206 Å². The average Bonchev–Trinajstić information content (AvgIpc) is 3.40. The minimum absolute atomic E-state index is 0.0777. The lowest BCUT2D eigenvalue weighted by atomic mass is 9.85. The van der Waals surface area contributed by atoms with Crippen LogP contribution < -0.4 is 4.74 Å². The van der Waals surface area contributed by atoms with Crippen molar-refractivity contribution in [2.75, 3.05) is 20.2 Å². The van der Waals surface area contributed by atoms with Gasteiger partial charge in [0.2, 0.25) is 17.7 Å². The van der Waals surface area contributed by atoms with Crippen LogP contribution >= 0.6 is 0 Å². The summed E-state index contributed by atoms with van der Waals surface area (Å²) >= 11 is 0. The highest BCUT2D eigenvalue weighted by Gasteiger charge is 2.51. The third kappa shape index (κ3) is 4.26. The van der Waals surface area contributed by atoms with E-state index < -0.39 is 6.04 Å². The van der Waals surface area contributed by atoms with Gasteiger partial charge in [-0.15, -0.1) is 0 Å². The Hall–Kier alpha value is -3.09. The molecule has 2 aromatic rings. The molecule has 0 radical (unpaired) electrons. The number of ether oxygens (including phenoxy) is 1. The SMILES string of the molecule is COc1ccc2[nH]cc(C3CCN(C(=O)C(CC(C)C)N4C(=O)C5CC=CCC5C4=O)CC3)c2c1. The second-order valence-corrected chi connectivity index (χ2v) is 10.6. The summed E-state index contributed by atoms with van der Waals surface area (Å²) in [6.07, 6.45) is 9.43. The monoisotopic (exact) mass is 477 g/mol. The third-order valence-corrected chi connectivity index (χ3v) is 8.00. The normalized spacial score (nSPS) is 23.9. The molecule has 0 saturated carbocycles. The van der Waals surface area contributed by atoms with Crippen molar-refractivity contribution < 1.29 is 19.1 Å². The zero-order valence-electron chi connectivity index (χ0n) is 20.8. The number of nitrogens with zero attached hydrogens (tertiary/aromatic N) is 2. The average molecular weight is 478 g/mol. The Morgan fingerprint density at radius 1 is 1.09 bits per heavy atom. The van der Waals surface area contributed by atoms with Gasteiger partial charge >= 0.3 is 0 Å². The van der Waals surface area contributed by atoms with Gasteiger partial charge in [-0.25, -0.2) is 0 Å². The lowest BCUT2D eigenvalue weighted by Gasteiger charge is -2.37. The van der Waals surface area contributed by atoms with Crippen LogP contribution in [0, 0.1) is 17.8 Å². The summed E-state index contributed by atoms with van der Waals surface area (Å²) in [5.41, 5.74) is 2.34. The highest BCUT2D eigenvalue weighted by Crippen LogP contribution is 2.39. The first-order valence-electron chi connectivity index (χ1n) is 12.8. The van der Waals surface area contributed by atoms with Crippen LogP contribution in [0.3, 0.4) is 0 Å². The molecule has 3 unspecified atom stereocenters. The molecule has 1 N–H and O–H groups in total. The minimum Gasteiger partial charge on any atom is -0.497 e. The summed E-state index contributed by atoms with van der Waals surface area (Å²) in [6, 6.07) is 5.35. The van der Waals surface area contributed by atoms with Gasteiger partial charge in [0, 0.05) is 30.2 Å². The van der Waals surface area contributed by atoms with Crippen molar-refractivity contribution in [2.24, 2.45) is 17.8 Å². The van der Waals surface area contributed by atoms with Gasteiger partial charge in [0.1, 0.15) is 11.8 Å². The summed E-state index contributed by atoms with van der Waals surface area (Å²) in [5, 5.41) is 1.16. The van der Waals surface area contributed by atoms with E-state index >= 15 is 0 Å². The number of hydrogen-bond acceptors (Lipinski definition) is 4. The lowest BCUT2D eigenvalue weighted by molar-refractivity contribution is -0.152. The van der Waals surface area contributed by atoms with Crippen molar-refractivity contribution in [3.63, 3.8) is 0 Å². The van der Waals surface area contributed by atoms with E-state index in [9.17, 15) is 14.4 Å². The Morgan fingerprint density at radius 3 is 2.34 bits per heavy atom. The number of fused-ring (bicyclic) bond motifs is 2. The van der Waals surface area contributed by atoms with Crippen molar-refractivity contribution in [1.29, 1.82) is 0 Å². The number of nitrogens with one attached hydrogen (secondary N) is 1. The summed E-state index contributed by atoms with van der Waals surface area (Å²) in [4.78, 5) is 46.8. The number of methoxy groups -OCH3 is 1. The molecule has 3 atom stereocenters.